The van der Waals surface area contributed by atoms with Crippen molar-refractivity contribution >= 4 is 5.70 Å². The van der Waals surface area contributed by atoms with Crippen LogP contribution in [0.25, 0.3) is 5.70 Å². The Hall–Kier alpha value is -1.91. The number of hydrogen-bond donors (Lipinski definition) is 1. The molecular weight excluding hydrogens is 216 g/mol. The van der Waals surface area contributed by atoms with E-state index in [0.717, 1.165) is 4.68 Å². The Kier molecular flexibility index (Phi) is 12.5. The first-order valence-corrected chi connectivity index (χ1v) is 5.75. The average molecular weight is 238 g/mol. The van der Waals surface area contributed by atoms with Crippen LogP contribution in [0, 0.1) is 0 Å². The molecule has 0 saturated heterocycles. The van der Waals surface area contributed by atoms with E-state index in [1.54, 1.807) is 24.3 Å². The molecule has 96 valence electrons. The smallest absolute Gasteiger partial charge is 0.244 e. The zero-order valence-corrected chi connectivity index (χ0v) is 11.3. The van der Waals surface area contributed by atoms with Gasteiger partial charge in [0.05, 0.1) is 5.70 Å². The lowest BCUT2D eigenvalue weighted by Gasteiger charge is -1.95. The molecule has 5 heteroatoms. The van der Waals surface area contributed by atoms with E-state index in [1.165, 1.54) is 0 Å². The summed E-state index contributed by atoms with van der Waals surface area (Å²) in [6.07, 6.45) is 6.79. The molecule has 0 aliphatic heterocycles. The van der Waals surface area contributed by atoms with Gasteiger partial charge in [-0.1, -0.05) is 46.4 Å². The fourth-order valence-corrected chi connectivity index (χ4v) is 0.855. The Balaban J connectivity index is 0. The van der Waals surface area contributed by atoms with Crippen LogP contribution in [0.3, 0.4) is 0 Å². The van der Waals surface area contributed by atoms with Crippen molar-refractivity contribution in [3.05, 3.63) is 41.4 Å². The number of hydrogen-bond acceptors (Lipinski definition) is 3. The second-order valence-corrected chi connectivity index (χ2v) is 2.25. The molecule has 1 aromatic heterocycles. The summed E-state index contributed by atoms with van der Waals surface area (Å²) in [7, 11) is 0. The molecule has 0 fully saturated rings. The van der Waals surface area contributed by atoms with Crippen LogP contribution in [0.5, 0.6) is 0 Å². The summed E-state index contributed by atoms with van der Waals surface area (Å²) >= 11 is 0. The highest BCUT2D eigenvalue weighted by atomic mass is 16.2. The van der Waals surface area contributed by atoms with E-state index in [9.17, 15) is 4.79 Å². The third-order valence-electron chi connectivity index (χ3n) is 1.34. The minimum atomic E-state index is -0.369. The van der Waals surface area contributed by atoms with Crippen LogP contribution >= 0.6 is 0 Å². The van der Waals surface area contributed by atoms with Gasteiger partial charge in [0.1, 0.15) is 0 Å². The van der Waals surface area contributed by atoms with Gasteiger partial charge in [0.15, 0.2) is 0 Å². The van der Waals surface area contributed by atoms with Gasteiger partial charge >= 0.3 is 5.69 Å². The largest absolute Gasteiger partial charge is 0.365 e. The molecule has 0 bridgehead atoms. The average Bonchev–Trinajstić information content (AvgIpc) is 2.80. The Bertz CT molecular complexity index is 399. The van der Waals surface area contributed by atoms with E-state index in [2.05, 4.69) is 22.1 Å². The predicted molar refractivity (Wildman–Crippen MR) is 72.6 cm³/mol. The van der Waals surface area contributed by atoms with Gasteiger partial charge in [-0.05, 0) is 29.5 Å². The van der Waals surface area contributed by atoms with Gasteiger partial charge in [-0.3, -0.25) is 0 Å². The zero-order chi connectivity index (χ0) is 13.7. The topological polar surface area (TPSA) is 63.6 Å². The summed E-state index contributed by atoms with van der Waals surface area (Å²) in [4.78, 5) is 11.1. The maximum atomic E-state index is 11.1. The van der Waals surface area contributed by atoms with Crippen molar-refractivity contribution in [1.29, 1.82) is 0 Å². The van der Waals surface area contributed by atoms with Crippen molar-refractivity contribution in [3.8, 4) is 0 Å². The van der Waals surface area contributed by atoms with E-state index in [1.807, 2.05) is 34.6 Å². The van der Waals surface area contributed by atoms with Crippen LogP contribution in [0.2, 0.25) is 0 Å². The van der Waals surface area contributed by atoms with Crippen LogP contribution in [0.4, 0.5) is 0 Å². The Morgan fingerprint density at radius 1 is 1.35 bits per heavy atom. The number of allylic oxidation sites excluding steroid dienone is 5. The lowest BCUT2D eigenvalue weighted by Crippen LogP contribution is -2.16. The summed E-state index contributed by atoms with van der Waals surface area (Å²) < 4.78 is 1.15. The molecule has 1 N–H and O–H groups in total. The number of tetrazole rings is 1. The highest BCUT2D eigenvalue weighted by Gasteiger charge is 2.00. The van der Waals surface area contributed by atoms with Gasteiger partial charge in [0.2, 0.25) is 0 Å². The number of aromatic amines is 1. The maximum Gasteiger partial charge on any atom is 0.365 e. The van der Waals surface area contributed by atoms with Gasteiger partial charge in [-0.2, -0.15) is 4.68 Å². The lowest BCUT2D eigenvalue weighted by atomic mass is 10.3. The third-order valence-corrected chi connectivity index (χ3v) is 1.34. The summed E-state index contributed by atoms with van der Waals surface area (Å²) in [5.74, 6) is 0. The molecule has 1 rings (SSSR count). The summed E-state index contributed by atoms with van der Waals surface area (Å²) in [6.45, 7) is 13.4. The molecule has 0 radical (unpaired) electrons. The predicted octanol–water partition coefficient (Wildman–Crippen LogP) is 2.62. The molecule has 0 atom stereocenters. The van der Waals surface area contributed by atoms with Crippen LogP contribution in [-0.4, -0.2) is 20.2 Å². The minimum absolute atomic E-state index is 0.369. The van der Waals surface area contributed by atoms with Crippen molar-refractivity contribution in [3.63, 3.8) is 0 Å². The van der Waals surface area contributed by atoms with Gasteiger partial charge in [0, 0.05) is 0 Å². The molecule has 0 saturated carbocycles. The molecule has 17 heavy (non-hydrogen) atoms. The van der Waals surface area contributed by atoms with Crippen LogP contribution < -0.4 is 5.69 Å². The van der Waals surface area contributed by atoms with Gasteiger partial charge in [-0.15, -0.1) is 0 Å². The normalized spacial score (nSPS) is 10.1. The molecule has 1 heterocycles. The zero-order valence-electron chi connectivity index (χ0n) is 11.3. The van der Waals surface area contributed by atoms with Crippen molar-refractivity contribution in [2.45, 2.75) is 34.6 Å². The standard InChI is InChI=1S/C8H10N4O.2C2H6/c1-3-5-7(6-4-2)12-8(13)9-10-11-12;2*1-2/h3-6H,1H2,2H3,(H,9,11,13);2*1-2H3/b6-4-,7-5+;;. The van der Waals surface area contributed by atoms with Crippen LogP contribution in [0.1, 0.15) is 34.6 Å². The highest BCUT2D eigenvalue weighted by molar-refractivity contribution is 5.57. The van der Waals surface area contributed by atoms with E-state index in [0.29, 0.717) is 5.70 Å². The molecule has 0 aliphatic rings. The SMILES string of the molecule is C=C/C=C(\C=C/C)n1nn[nH]c1=O.CC.CC. The van der Waals surface area contributed by atoms with Crippen molar-refractivity contribution in [2.75, 3.05) is 0 Å². The number of nitrogens with zero attached hydrogens (tertiary/aromatic N) is 3. The molecular formula is C12H22N4O. The molecule has 0 unspecified atom stereocenters. The molecule has 5 nitrogen and oxygen atoms in total. The monoisotopic (exact) mass is 238 g/mol. The molecule has 0 aliphatic carbocycles. The number of nitrogens with one attached hydrogen (secondary N) is 1. The number of aromatic nitrogens is 4. The van der Waals surface area contributed by atoms with E-state index >= 15 is 0 Å². The molecule has 1 aromatic rings. The fourth-order valence-electron chi connectivity index (χ4n) is 0.855. The summed E-state index contributed by atoms with van der Waals surface area (Å²) in [5.41, 5.74) is 0.252. The lowest BCUT2D eigenvalue weighted by molar-refractivity contribution is 0.798. The second-order valence-electron chi connectivity index (χ2n) is 2.25. The minimum Gasteiger partial charge on any atom is -0.244 e. The number of H-pyrrole nitrogens is 1. The van der Waals surface area contributed by atoms with Crippen molar-refractivity contribution in [2.24, 2.45) is 0 Å². The first-order chi connectivity index (χ1) is 8.29. The van der Waals surface area contributed by atoms with Gasteiger partial charge in [-0.25, -0.2) is 9.89 Å². The first kappa shape index (κ1) is 17.5. The Morgan fingerprint density at radius 2 is 1.94 bits per heavy atom. The summed E-state index contributed by atoms with van der Waals surface area (Å²) in [6, 6.07) is 0. The fraction of sp³-hybridized carbons (Fsp3) is 0.417. The first-order valence-electron chi connectivity index (χ1n) is 5.75. The number of rotatable bonds is 3. The Morgan fingerprint density at radius 3 is 2.29 bits per heavy atom. The third kappa shape index (κ3) is 6.29. The van der Waals surface area contributed by atoms with Gasteiger partial charge in [0.25, 0.3) is 0 Å². The van der Waals surface area contributed by atoms with E-state index in [4.69, 9.17) is 0 Å². The highest BCUT2D eigenvalue weighted by Crippen LogP contribution is 1.99. The maximum absolute atomic E-state index is 11.1. The van der Waals surface area contributed by atoms with Crippen LogP contribution in [0.15, 0.2) is 35.7 Å². The second kappa shape index (κ2) is 12.2. The van der Waals surface area contributed by atoms with E-state index in [-0.39, 0.29) is 5.69 Å². The Labute approximate surface area is 103 Å². The molecule has 0 amide bonds. The van der Waals surface area contributed by atoms with Crippen LogP contribution in [-0.2, 0) is 0 Å². The van der Waals surface area contributed by atoms with E-state index < -0.39 is 0 Å². The van der Waals surface area contributed by atoms with Crippen molar-refractivity contribution in [1.82, 2.24) is 20.2 Å². The van der Waals surface area contributed by atoms with Gasteiger partial charge < -0.3 is 0 Å². The quantitative estimate of drug-likeness (QED) is 0.823. The summed E-state index contributed by atoms with van der Waals surface area (Å²) in [5, 5.41) is 9.16. The van der Waals surface area contributed by atoms with Crippen molar-refractivity contribution < 1.29 is 0 Å². The molecule has 0 spiro atoms. The molecule has 0 aromatic carbocycles.